The standard InChI is InChI=1S/C24H32O6/c1-25-13-17-11-15-8-10-20(28-4)24(30-6)23(15)22(18(17)14-26-2)16-7-9-19(27-3)21(12-16)29-5/h7-10,12,17-18,22H,11,13-14H2,1-6H3. The van der Waals surface area contributed by atoms with Gasteiger partial charge in [-0.05, 0) is 47.6 Å². The fourth-order valence-electron chi connectivity index (χ4n) is 4.71. The van der Waals surface area contributed by atoms with Crippen LogP contribution in [0.2, 0.25) is 0 Å². The van der Waals surface area contributed by atoms with Gasteiger partial charge in [0.05, 0.1) is 35.0 Å². The molecule has 3 rings (SSSR count). The summed E-state index contributed by atoms with van der Waals surface area (Å²) >= 11 is 0. The maximum Gasteiger partial charge on any atom is 0.164 e. The van der Waals surface area contributed by atoms with Crippen molar-refractivity contribution < 1.29 is 28.4 Å². The van der Waals surface area contributed by atoms with Crippen LogP contribution in [0.15, 0.2) is 30.3 Å². The fourth-order valence-corrected chi connectivity index (χ4v) is 4.71. The van der Waals surface area contributed by atoms with Crippen molar-refractivity contribution in [2.24, 2.45) is 11.8 Å². The Morgan fingerprint density at radius 2 is 1.40 bits per heavy atom. The molecule has 0 saturated heterocycles. The van der Waals surface area contributed by atoms with Gasteiger partial charge in [0.1, 0.15) is 0 Å². The summed E-state index contributed by atoms with van der Waals surface area (Å²) < 4.78 is 33.8. The lowest BCUT2D eigenvalue weighted by atomic mass is 9.66. The molecule has 0 bridgehead atoms. The minimum absolute atomic E-state index is 0.0266. The van der Waals surface area contributed by atoms with Crippen LogP contribution in [0.25, 0.3) is 0 Å². The van der Waals surface area contributed by atoms with Gasteiger partial charge >= 0.3 is 0 Å². The predicted octanol–water partition coefficient (Wildman–Crippen LogP) is 3.93. The van der Waals surface area contributed by atoms with Crippen molar-refractivity contribution in [2.45, 2.75) is 12.3 Å². The lowest BCUT2D eigenvalue weighted by Crippen LogP contribution is -2.36. The van der Waals surface area contributed by atoms with Crippen LogP contribution in [0.4, 0.5) is 0 Å². The van der Waals surface area contributed by atoms with E-state index in [2.05, 4.69) is 12.1 Å². The Hall–Kier alpha value is -2.44. The molecule has 0 aliphatic heterocycles. The van der Waals surface area contributed by atoms with Gasteiger partial charge < -0.3 is 28.4 Å². The fraction of sp³-hybridized carbons (Fsp3) is 0.500. The van der Waals surface area contributed by atoms with E-state index in [1.807, 2.05) is 18.2 Å². The molecule has 1 aliphatic rings. The topological polar surface area (TPSA) is 55.4 Å². The van der Waals surface area contributed by atoms with Gasteiger partial charge in [-0.15, -0.1) is 0 Å². The molecule has 2 aromatic rings. The van der Waals surface area contributed by atoms with Crippen LogP contribution in [0.5, 0.6) is 23.0 Å². The average Bonchev–Trinajstić information content (AvgIpc) is 2.78. The van der Waals surface area contributed by atoms with Crippen LogP contribution >= 0.6 is 0 Å². The molecule has 1 aliphatic carbocycles. The third-order valence-corrected chi connectivity index (χ3v) is 6.01. The third kappa shape index (κ3) is 4.07. The van der Waals surface area contributed by atoms with Gasteiger partial charge in [-0.3, -0.25) is 0 Å². The number of benzene rings is 2. The molecule has 164 valence electrons. The van der Waals surface area contributed by atoms with Crippen LogP contribution in [0, 0.1) is 11.8 Å². The highest BCUT2D eigenvalue weighted by Crippen LogP contribution is 2.51. The van der Waals surface area contributed by atoms with E-state index in [-0.39, 0.29) is 11.8 Å². The first-order valence-electron chi connectivity index (χ1n) is 10.1. The van der Waals surface area contributed by atoms with Crippen LogP contribution in [0.1, 0.15) is 22.6 Å². The van der Waals surface area contributed by atoms with Crippen molar-refractivity contribution in [2.75, 3.05) is 55.9 Å². The van der Waals surface area contributed by atoms with E-state index in [0.29, 0.717) is 30.6 Å². The Morgan fingerprint density at radius 3 is 2.00 bits per heavy atom. The second kappa shape index (κ2) is 10.0. The molecule has 0 fully saturated rings. The largest absolute Gasteiger partial charge is 0.493 e. The van der Waals surface area contributed by atoms with Crippen molar-refractivity contribution in [3.05, 3.63) is 47.0 Å². The van der Waals surface area contributed by atoms with Crippen molar-refractivity contribution in [1.29, 1.82) is 0 Å². The van der Waals surface area contributed by atoms with Crippen molar-refractivity contribution in [1.82, 2.24) is 0 Å². The second-order valence-electron chi connectivity index (χ2n) is 7.50. The average molecular weight is 417 g/mol. The van der Waals surface area contributed by atoms with E-state index in [1.54, 1.807) is 42.7 Å². The Kier molecular flexibility index (Phi) is 7.45. The molecule has 3 unspecified atom stereocenters. The van der Waals surface area contributed by atoms with E-state index in [1.165, 1.54) is 5.56 Å². The quantitative estimate of drug-likeness (QED) is 0.617. The molecule has 0 N–H and O–H groups in total. The summed E-state index contributed by atoms with van der Waals surface area (Å²) in [4.78, 5) is 0. The maximum atomic E-state index is 5.86. The van der Waals surface area contributed by atoms with Crippen LogP contribution < -0.4 is 18.9 Å². The number of fused-ring (bicyclic) bond motifs is 1. The normalized spacial score (nSPS) is 20.4. The summed E-state index contributed by atoms with van der Waals surface area (Å²) in [6.45, 7) is 1.26. The first kappa shape index (κ1) is 22.2. The van der Waals surface area contributed by atoms with E-state index in [0.717, 1.165) is 29.0 Å². The summed E-state index contributed by atoms with van der Waals surface area (Å²) in [5, 5.41) is 0. The molecule has 2 aromatic carbocycles. The molecule has 0 saturated carbocycles. The van der Waals surface area contributed by atoms with E-state index >= 15 is 0 Å². The number of methoxy groups -OCH3 is 6. The predicted molar refractivity (Wildman–Crippen MR) is 115 cm³/mol. The SMILES string of the molecule is COCC1Cc2ccc(OC)c(OC)c2C(c2ccc(OC)c(OC)c2)C1COC. The molecule has 0 aromatic heterocycles. The summed E-state index contributed by atoms with van der Waals surface area (Å²) in [6.07, 6.45) is 0.890. The number of ether oxygens (including phenoxy) is 6. The number of hydrogen-bond donors (Lipinski definition) is 0. The van der Waals surface area contributed by atoms with Gasteiger partial charge in [-0.25, -0.2) is 0 Å². The minimum atomic E-state index is 0.0266. The zero-order valence-corrected chi connectivity index (χ0v) is 18.7. The molecule has 30 heavy (non-hydrogen) atoms. The Labute approximate surface area is 179 Å². The van der Waals surface area contributed by atoms with Crippen LogP contribution in [-0.2, 0) is 15.9 Å². The molecular formula is C24H32O6. The zero-order valence-electron chi connectivity index (χ0n) is 18.7. The second-order valence-corrected chi connectivity index (χ2v) is 7.50. The molecule has 3 atom stereocenters. The van der Waals surface area contributed by atoms with Gasteiger partial charge in [0.15, 0.2) is 23.0 Å². The molecule has 0 spiro atoms. The summed E-state index contributed by atoms with van der Waals surface area (Å²) in [5.41, 5.74) is 3.49. The van der Waals surface area contributed by atoms with E-state index in [9.17, 15) is 0 Å². The highest BCUT2D eigenvalue weighted by atomic mass is 16.5. The molecule has 6 nitrogen and oxygen atoms in total. The van der Waals surface area contributed by atoms with E-state index < -0.39 is 0 Å². The van der Waals surface area contributed by atoms with E-state index in [4.69, 9.17) is 28.4 Å². The zero-order chi connectivity index (χ0) is 21.7. The van der Waals surface area contributed by atoms with Gasteiger partial charge in [0, 0.05) is 32.3 Å². The highest BCUT2D eigenvalue weighted by Gasteiger charge is 2.40. The summed E-state index contributed by atoms with van der Waals surface area (Å²) in [7, 11) is 10.1. The molecule has 0 heterocycles. The maximum absolute atomic E-state index is 5.86. The summed E-state index contributed by atoms with van der Waals surface area (Å²) in [5.74, 6) is 3.42. The molecule has 0 radical (unpaired) electrons. The first-order chi connectivity index (χ1) is 14.6. The molecule has 6 heteroatoms. The van der Waals surface area contributed by atoms with Crippen molar-refractivity contribution in [3.63, 3.8) is 0 Å². The smallest absolute Gasteiger partial charge is 0.164 e. The minimum Gasteiger partial charge on any atom is -0.493 e. The number of hydrogen-bond acceptors (Lipinski definition) is 6. The highest BCUT2D eigenvalue weighted by molar-refractivity contribution is 5.58. The van der Waals surface area contributed by atoms with Gasteiger partial charge in [-0.1, -0.05) is 12.1 Å². The van der Waals surface area contributed by atoms with Gasteiger partial charge in [0.25, 0.3) is 0 Å². The Balaban J connectivity index is 2.25. The van der Waals surface area contributed by atoms with Gasteiger partial charge in [0.2, 0.25) is 0 Å². The molecule has 0 amide bonds. The van der Waals surface area contributed by atoms with Gasteiger partial charge in [-0.2, -0.15) is 0 Å². The third-order valence-electron chi connectivity index (χ3n) is 6.01. The molecular weight excluding hydrogens is 384 g/mol. The van der Waals surface area contributed by atoms with Crippen LogP contribution in [-0.4, -0.2) is 55.9 Å². The Morgan fingerprint density at radius 1 is 0.733 bits per heavy atom. The lowest BCUT2D eigenvalue weighted by Gasteiger charge is -2.40. The lowest BCUT2D eigenvalue weighted by molar-refractivity contribution is 0.0560. The summed E-state index contributed by atoms with van der Waals surface area (Å²) in [6, 6.07) is 10.2. The van der Waals surface area contributed by atoms with Crippen LogP contribution in [0.3, 0.4) is 0 Å². The number of rotatable bonds is 9. The monoisotopic (exact) mass is 416 g/mol. The first-order valence-corrected chi connectivity index (χ1v) is 10.1. The van der Waals surface area contributed by atoms with Crippen molar-refractivity contribution in [3.8, 4) is 23.0 Å². The van der Waals surface area contributed by atoms with Crippen molar-refractivity contribution >= 4 is 0 Å². The Bertz CT molecular complexity index is 850.